The standard InChI is InChI=1S/C21H28N4O3/c1-2-3-12-24(13-5-4-11-22)17-8-6-7-15-16(17)14-25(21(15)28)18-9-10-19(26)23-20(18)27/h4-8,18H,2-3,9-14,22H2,1H3,(H,23,26,27)/b5-4+. The smallest absolute Gasteiger partial charge is 0.255 e. The van der Waals surface area contributed by atoms with Crippen molar-refractivity contribution in [2.45, 2.75) is 45.2 Å². The first-order chi connectivity index (χ1) is 13.6. The molecule has 150 valence electrons. The third kappa shape index (κ3) is 4.09. The van der Waals surface area contributed by atoms with Gasteiger partial charge in [-0.15, -0.1) is 0 Å². The minimum absolute atomic E-state index is 0.140. The number of imide groups is 1. The predicted octanol–water partition coefficient (Wildman–Crippen LogP) is 1.57. The molecule has 2 aliphatic heterocycles. The van der Waals surface area contributed by atoms with E-state index < -0.39 is 6.04 Å². The average molecular weight is 384 g/mol. The highest BCUT2D eigenvalue weighted by Gasteiger charge is 2.40. The predicted molar refractivity (Wildman–Crippen MR) is 108 cm³/mol. The van der Waals surface area contributed by atoms with Gasteiger partial charge in [0.15, 0.2) is 0 Å². The number of rotatable bonds is 8. The van der Waals surface area contributed by atoms with Crippen molar-refractivity contribution in [2.24, 2.45) is 5.73 Å². The van der Waals surface area contributed by atoms with Crippen LogP contribution in [0.25, 0.3) is 0 Å². The summed E-state index contributed by atoms with van der Waals surface area (Å²) in [6, 6.07) is 5.16. The number of benzene rings is 1. The first-order valence-electron chi connectivity index (χ1n) is 9.93. The van der Waals surface area contributed by atoms with Crippen LogP contribution >= 0.6 is 0 Å². The van der Waals surface area contributed by atoms with Gasteiger partial charge >= 0.3 is 0 Å². The maximum Gasteiger partial charge on any atom is 0.255 e. The molecule has 7 nitrogen and oxygen atoms in total. The summed E-state index contributed by atoms with van der Waals surface area (Å²) in [6.45, 7) is 4.64. The Morgan fingerprint density at radius 3 is 2.82 bits per heavy atom. The lowest BCUT2D eigenvalue weighted by Gasteiger charge is -2.30. The van der Waals surface area contributed by atoms with Crippen LogP contribution in [0.3, 0.4) is 0 Å². The van der Waals surface area contributed by atoms with E-state index in [2.05, 4.69) is 17.1 Å². The summed E-state index contributed by atoms with van der Waals surface area (Å²) in [4.78, 5) is 40.6. The van der Waals surface area contributed by atoms with Gasteiger partial charge in [-0.1, -0.05) is 31.6 Å². The molecule has 7 heteroatoms. The highest BCUT2D eigenvalue weighted by molar-refractivity contribution is 6.06. The Balaban J connectivity index is 1.86. The molecule has 1 aromatic rings. The molecule has 1 saturated heterocycles. The van der Waals surface area contributed by atoms with E-state index in [0.717, 1.165) is 37.2 Å². The van der Waals surface area contributed by atoms with Crippen molar-refractivity contribution >= 4 is 23.4 Å². The summed E-state index contributed by atoms with van der Waals surface area (Å²) in [6.07, 6.45) is 6.74. The number of piperidine rings is 1. The van der Waals surface area contributed by atoms with Crippen molar-refractivity contribution < 1.29 is 14.4 Å². The minimum Gasteiger partial charge on any atom is -0.368 e. The summed E-state index contributed by atoms with van der Waals surface area (Å²) in [7, 11) is 0. The number of carbonyl (C=O) groups excluding carboxylic acids is 3. The van der Waals surface area contributed by atoms with Crippen LogP contribution in [0.2, 0.25) is 0 Å². The molecule has 2 heterocycles. The number of nitrogens with two attached hydrogens (primary N) is 1. The number of anilines is 1. The van der Waals surface area contributed by atoms with Crippen molar-refractivity contribution in [3.05, 3.63) is 41.5 Å². The van der Waals surface area contributed by atoms with Crippen molar-refractivity contribution in [1.82, 2.24) is 10.2 Å². The van der Waals surface area contributed by atoms with Crippen molar-refractivity contribution in [2.75, 3.05) is 24.5 Å². The van der Waals surface area contributed by atoms with Crippen LogP contribution < -0.4 is 16.0 Å². The zero-order valence-electron chi connectivity index (χ0n) is 16.3. The number of amides is 3. The molecule has 3 amide bonds. The molecular formula is C21H28N4O3. The molecule has 28 heavy (non-hydrogen) atoms. The zero-order valence-corrected chi connectivity index (χ0v) is 16.3. The lowest BCUT2D eigenvalue weighted by molar-refractivity contribution is -0.136. The fourth-order valence-electron chi connectivity index (χ4n) is 3.82. The molecule has 2 aliphatic rings. The van der Waals surface area contributed by atoms with E-state index in [1.165, 1.54) is 0 Å². The molecule has 0 aliphatic carbocycles. The minimum atomic E-state index is -0.591. The lowest BCUT2D eigenvalue weighted by atomic mass is 10.0. The van der Waals surface area contributed by atoms with Crippen LogP contribution in [-0.4, -0.2) is 48.3 Å². The van der Waals surface area contributed by atoms with Gasteiger partial charge in [0.25, 0.3) is 5.91 Å². The Bertz CT molecular complexity index is 790. The molecule has 1 fully saturated rings. The van der Waals surface area contributed by atoms with Gasteiger partial charge in [0.1, 0.15) is 6.04 Å². The number of carbonyl (C=O) groups is 3. The first-order valence-corrected chi connectivity index (χ1v) is 9.93. The van der Waals surface area contributed by atoms with Crippen LogP contribution in [0.5, 0.6) is 0 Å². The Morgan fingerprint density at radius 1 is 1.29 bits per heavy atom. The third-order valence-corrected chi connectivity index (χ3v) is 5.31. The Morgan fingerprint density at radius 2 is 2.11 bits per heavy atom. The SMILES string of the molecule is CCCCN(C/C=C/CN)c1cccc2c1CN(C1CCC(=O)NC1=O)C2=O. The summed E-state index contributed by atoms with van der Waals surface area (Å²) in [5.74, 6) is -0.796. The summed E-state index contributed by atoms with van der Waals surface area (Å²) >= 11 is 0. The largest absolute Gasteiger partial charge is 0.368 e. The van der Waals surface area contributed by atoms with Gasteiger partial charge in [-0.2, -0.15) is 0 Å². The number of fused-ring (bicyclic) bond motifs is 1. The second-order valence-corrected chi connectivity index (χ2v) is 7.21. The number of unbranched alkanes of at least 4 members (excludes halogenated alkanes) is 1. The topological polar surface area (TPSA) is 95.7 Å². The molecule has 0 radical (unpaired) electrons. The lowest BCUT2D eigenvalue weighted by Crippen LogP contribution is -2.52. The highest BCUT2D eigenvalue weighted by atomic mass is 16.2. The van der Waals surface area contributed by atoms with Gasteiger partial charge in [-0.05, 0) is 25.0 Å². The first kappa shape index (κ1) is 20.1. The number of hydrogen-bond donors (Lipinski definition) is 2. The monoisotopic (exact) mass is 384 g/mol. The molecule has 3 N–H and O–H groups in total. The van der Waals surface area contributed by atoms with E-state index in [1.54, 1.807) is 4.90 Å². The highest BCUT2D eigenvalue weighted by Crippen LogP contribution is 2.34. The molecule has 1 aromatic carbocycles. The average Bonchev–Trinajstić information content (AvgIpc) is 3.01. The van der Waals surface area contributed by atoms with E-state index in [1.807, 2.05) is 30.4 Å². The van der Waals surface area contributed by atoms with E-state index in [9.17, 15) is 14.4 Å². The molecular weight excluding hydrogens is 356 g/mol. The van der Waals surface area contributed by atoms with Crippen molar-refractivity contribution in [3.63, 3.8) is 0 Å². The quantitative estimate of drug-likeness (QED) is 0.524. The van der Waals surface area contributed by atoms with Crippen LogP contribution in [0, 0.1) is 0 Å². The van der Waals surface area contributed by atoms with Gasteiger partial charge in [0.05, 0.1) is 0 Å². The van der Waals surface area contributed by atoms with Gasteiger partial charge in [0.2, 0.25) is 11.8 Å². The van der Waals surface area contributed by atoms with Gasteiger partial charge in [0, 0.05) is 49.4 Å². The normalized spacial score (nSPS) is 19.3. The number of hydrogen-bond acceptors (Lipinski definition) is 5. The summed E-state index contributed by atoms with van der Waals surface area (Å²) < 4.78 is 0. The maximum atomic E-state index is 13.0. The molecule has 0 spiro atoms. The second kappa shape index (κ2) is 9.01. The molecule has 1 unspecified atom stereocenters. The van der Waals surface area contributed by atoms with Crippen molar-refractivity contribution in [1.29, 1.82) is 0 Å². The fraction of sp³-hybridized carbons (Fsp3) is 0.476. The Kier molecular flexibility index (Phi) is 6.46. The molecule has 0 saturated carbocycles. The van der Waals surface area contributed by atoms with Gasteiger partial charge < -0.3 is 15.5 Å². The zero-order chi connectivity index (χ0) is 20.1. The molecule has 0 aromatic heterocycles. The second-order valence-electron chi connectivity index (χ2n) is 7.21. The fourth-order valence-corrected chi connectivity index (χ4v) is 3.82. The van der Waals surface area contributed by atoms with E-state index in [4.69, 9.17) is 5.73 Å². The van der Waals surface area contributed by atoms with Gasteiger partial charge in [-0.25, -0.2) is 0 Å². The van der Waals surface area contributed by atoms with Crippen LogP contribution in [-0.2, 0) is 16.1 Å². The number of nitrogens with one attached hydrogen (secondary N) is 1. The van der Waals surface area contributed by atoms with Crippen LogP contribution in [0.1, 0.15) is 48.5 Å². The third-order valence-electron chi connectivity index (χ3n) is 5.31. The van der Waals surface area contributed by atoms with Crippen LogP contribution in [0.4, 0.5) is 5.69 Å². The van der Waals surface area contributed by atoms with Gasteiger partial charge in [-0.3, -0.25) is 19.7 Å². The molecule has 0 bridgehead atoms. The van der Waals surface area contributed by atoms with E-state index >= 15 is 0 Å². The van der Waals surface area contributed by atoms with Crippen molar-refractivity contribution in [3.8, 4) is 0 Å². The maximum absolute atomic E-state index is 13.0. The number of nitrogens with zero attached hydrogens (tertiary/aromatic N) is 2. The molecule has 1 atom stereocenters. The van der Waals surface area contributed by atoms with E-state index in [0.29, 0.717) is 25.1 Å². The molecule has 3 rings (SSSR count). The Labute approximate surface area is 165 Å². The summed E-state index contributed by atoms with van der Waals surface area (Å²) in [5.41, 5.74) is 8.19. The Hall–Kier alpha value is -2.67. The van der Waals surface area contributed by atoms with E-state index in [-0.39, 0.29) is 24.1 Å². The van der Waals surface area contributed by atoms with Crippen LogP contribution in [0.15, 0.2) is 30.4 Å². The summed E-state index contributed by atoms with van der Waals surface area (Å²) in [5, 5.41) is 2.35.